The summed E-state index contributed by atoms with van der Waals surface area (Å²) in [5, 5.41) is 12.7. The second-order valence-corrected chi connectivity index (χ2v) is 8.02. The molecule has 2 aromatic carbocycles. The van der Waals surface area contributed by atoms with Gasteiger partial charge in [0.25, 0.3) is 0 Å². The minimum absolute atomic E-state index is 0.00418. The molecular weight excluding hydrogens is 412 g/mol. The smallest absolute Gasteiger partial charge is 0.240 e. The molecule has 0 fully saturated rings. The lowest BCUT2D eigenvalue weighted by Gasteiger charge is -2.13. The molecular formula is C20H26N2O7S. The van der Waals surface area contributed by atoms with E-state index in [-0.39, 0.29) is 30.2 Å². The molecule has 1 amide bonds. The molecule has 1 unspecified atom stereocenters. The Labute approximate surface area is 176 Å². The van der Waals surface area contributed by atoms with Gasteiger partial charge in [0.15, 0.2) is 11.5 Å². The van der Waals surface area contributed by atoms with E-state index in [9.17, 15) is 18.3 Å². The van der Waals surface area contributed by atoms with Gasteiger partial charge in [-0.2, -0.15) is 0 Å². The Morgan fingerprint density at radius 1 is 1.00 bits per heavy atom. The van der Waals surface area contributed by atoms with Crippen LogP contribution in [0.15, 0.2) is 47.4 Å². The minimum Gasteiger partial charge on any atom is -0.497 e. The first-order valence-electron chi connectivity index (χ1n) is 9.11. The summed E-state index contributed by atoms with van der Waals surface area (Å²) in [7, 11) is 0.587. The molecule has 3 N–H and O–H groups in total. The summed E-state index contributed by atoms with van der Waals surface area (Å²) in [4.78, 5) is 12.0. The van der Waals surface area contributed by atoms with Gasteiger partial charge in [0.1, 0.15) is 5.75 Å². The number of carbonyl (C=O) groups is 1. The van der Waals surface area contributed by atoms with Crippen molar-refractivity contribution in [3.8, 4) is 17.2 Å². The van der Waals surface area contributed by atoms with Crippen molar-refractivity contribution in [3.05, 3.63) is 48.0 Å². The highest BCUT2D eigenvalue weighted by molar-refractivity contribution is 7.89. The number of sulfonamides is 1. The first kappa shape index (κ1) is 23.5. The number of aliphatic hydroxyl groups excluding tert-OH is 1. The van der Waals surface area contributed by atoms with Gasteiger partial charge in [0.05, 0.1) is 32.3 Å². The third-order valence-electron chi connectivity index (χ3n) is 4.30. The fourth-order valence-corrected chi connectivity index (χ4v) is 3.66. The van der Waals surface area contributed by atoms with Gasteiger partial charge in [-0.25, -0.2) is 13.1 Å². The Kier molecular flexibility index (Phi) is 8.46. The van der Waals surface area contributed by atoms with Crippen molar-refractivity contribution in [2.24, 2.45) is 0 Å². The number of hydrogen-bond acceptors (Lipinski definition) is 7. The summed E-state index contributed by atoms with van der Waals surface area (Å²) in [5.41, 5.74) is 0.630. The van der Waals surface area contributed by atoms with Crippen LogP contribution in [0.5, 0.6) is 17.2 Å². The number of nitrogens with one attached hydrogen (secondary N) is 2. The molecule has 2 aromatic rings. The second-order valence-electron chi connectivity index (χ2n) is 6.26. The van der Waals surface area contributed by atoms with E-state index in [2.05, 4.69) is 10.0 Å². The predicted octanol–water partition coefficient (Wildman–Crippen LogP) is 1.23. The van der Waals surface area contributed by atoms with E-state index >= 15 is 0 Å². The Morgan fingerprint density at radius 3 is 2.27 bits per heavy atom. The monoisotopic (exact) mass is 438 g/mol. The van der Waals surface area contributed by atoms with Crippen LogP contribution in [0.3, 0.4) is 0 Å². The third kappa shape index (κ3) is 6.34. The summed E-state index contributed by atoms with van der Waals surface area (Å²) in [6, 6.07) is 11.0. The van der Waals surface area contributed by atoms with Gasteiger partial charge in [-0.1, -0.05) is 12.1 Å². The van der Waals surface area contributed by atoms with Gasteiger partial charge in [-0.3, -0.25) is 4.79 Å². The first-order chi connectivity index (χ1) is 14.3. The molecule has 0 saturated carbocycles. The zero-order valence-corrected chi connectivity index (χ0v) is 17.9. The molecule has 30 heavy (non-hydrogen) atoms. The number of benzene rings is 2. The molecule has 0 heterocycles. The minimum atomic E-state index is -3.82. The Balaban J connectivity index is 1.83. The van der Waals surface area contributed by atoms with Crippen LogP contribution in [0.2, 0.25) is 0 Å². The quantitative estimate of drug-likeness (QED) is 0.482. The number of carbonyl (C=O) groups excluding carboxylic acids is 1. The van der Waals surface area contributed by atoms with Gasteiger partial charge in [0.2, 0.25) is 15.9 Å². The highest BCUT2D eigenvalue weighted by atomic mass is 32.2. The highest BCUT2D eigenvalue weighted by Crippen LogP contribution is 2.29. The van der Waals surface area contributed by atoms with Crippen LogP contribution in [0, 0.1) is 0 Å². The Morgan fingerprint density at radius 2 is 1.67 bits per heavy atom. The van der Waals surface area contributed by atoms with E-state index in [0.29, 0.717) is 17.1 Å². The lowest BCUT2D eigenvalue weighted by molar-refractivity contribution is -0.121. The van der Waals surface area contributed by atoms with Crippen LogP contribution >= 0.6 is 0 Å². The Bertz CT molecular complexity index is 946. The summed E-state index contributed by atoms with van der Waals surface area (Å²) in [6.07, 6.45) is -0.967. The topological polar surface area (TPSA) is 123 Å². The van der Waals surface area contributed by atoms with E-state index in [1.165, 1.54) is 32.4 Å². The van der Waals surface area contributed by atoms with Crippen LogP contribution < -0.4 is 24.2 Å². The Hall–Kier alpha value is -2.82. The molecule has 0 aliphatic heterocycles. The average Bonchev–Trinajstić information content (AvgIpc) is 2.76. The lowest BCUT2D eigenvalue weighted by atomic mass is 10.1. The van der Waals surface area contributed by atoms with Gasteiger partial charge >= 0.3 is 0 Å². The molecule has 0 spiro atoms. The van der Waals surface area contributed by atoms with Crippen molar-refractivity contribution >= 4 is 15.9 Å². The van der Waals surface area contributed by atoms with Crippen LogP contribution in [-0.4, -0.2) is 53.9 Å². The average molecular weight is 439 g/mol. The highest BCUT2D eigenvalue weighted by Gasteiger charge is 2.17. The van der Waals surface area contributed by atoms with Crippen LogP contribution in [-0.2, 0) is 14.8 Å². The maximum absolute atomic E-state index is 12.4. The van der Waals surface area contributed by atoms with E-state index < -0.39 is 22.0 Å². The predicted molar refractivity (Wildman–Crippen MR) is 110 cm³/mol. The molecule has 0 radical (unpaired) electrons. The number of hydrogen-bond donors (Lipinski definition) is 3. The molecule has 0 aromatic heterocycles. The molecule has 2 rings (SSSR count). The molecule has 10 heteroatoms. The summed E-state index contributed by atoms with van der Waals surface area (Å²) < 4.78 is 42.4. The van der Waals surface area contributed by atoms with Crippen molar-refractivity contribution in [2.75, 3.05) is 34.4 Å². The summed E-state index contributed by atoms with van der Waals surface area (Å²) >= 11 is 0. The van der Waals surface area contributed by atoms with Crippen molar-refractivity contribution in [1.82, 2.24) is 10.0 Å². The van der Waals surface area contributed by atoms with E-state index in [0.717, 1.165) is 0 Å². The zero-order valence-electron chi connectivity index (χ0n) is 17.0. The maximum atomic E-state index is 12.4. The zero-order chi connectivity index (χ0) is 22.1. The van der Waals surface area contributed by atoms with E-state index in [4.69, 9.17) is 14.2 Å². The van der Waals surface area contributed by atoms with Crippen molar-refractivity contribution in [1.29, 1.82) is 0 Å². The number of ether oxygens (including phenoxy) is 3. The van der Waals surface area contributed by atoms with Crippen LogP contribution in [0.4, 0.5) is 0 Å². The third-order valence-corrected chi connectivity index (χ3v) is 5.76. The molecule has 0 saturated heterocycles. The van der Waals surface area contributed by atoms with Crippen LogP contribution in [0.1, 0.15) is 18.1 Å². The number of methoxy groups -OCH3 is 3. The molecule has 0 aliphatic carbocycles. The SMILES string of the molecule is COc1ccc(C(O)CNC(=O)CCNS(=O)(=O)c2ccc(OC)c(OC)c2)cc1. The van der Waals surface area contributed by atoms with Crippen molar-refractivity contribution in [3.63, 3.8) is 0 Å². The fourth-order valence-electron chi connectivity index (χ4n) is 2.61. The normalized spacial score (nSPS) is 12.1. The number of rotatable bonds is 11. The molecule has 0 aliphatic rings. The van der Waals surface area contributed by atoms with Gasteiger partial charge < -0.3 is 24.6 Å². The van der Waals surface area contributed by atoms with Crippen molar-refractivity contribution in [2.45, 2.75) is 17.4 Å². The van der Waals surface area contributed by atoms with E-state index in [1.54, 1.807) is 31.4 Å². The largest absolute Gasteiger partial charge is 0.497 e. The first-order valence-corrected chi connectivity index (χ1v) is 10.6. The van der Waals surface area contributed by atoms with Crippen molar-refractivity contribution < 1.29 is 32.5 Å². The molecule has 1 atom stereocenters. The number of aliphatic hydroxyl groups is 1. The number of amides is 1. The van der Waals surface area contributed by atoms with Gasteiger partial charge in [-0.05, 0) is 29.8 Å². The van der Waals surface area contributed by atoms with Gasteiger partial charge in [-0.15, -0.1) is 0 Å². The van der Waals surface area contributed by atoms with E-state index in [1.807, 2.05) is 0 Å². The summed E-state index contributed by atoms with van der Waals surface area (Å²) in [6.45, 7) is -0.0886. The lowest BCUT2D eigenvalue weighted by Crippen LogP contribution is -2.32. The molecule has 9 nitrogen and oxygen atoms in total. The fraction of sp³-hybridized carbons (Fsp3) is 0.350. The second kappa shape index (κ2) is 10.8. The summed E-state index contributed by atoms with van der Waals surface area (Å²) in [5.74, 6) is 0.964. The van der Waals surface area contributed by atoms with Gasteiger partial charge in [0, 0.05) is 25.6 Å². The molecule has 0 bridgehead atoms. The molecule has 164 valence electrons. The maximum Gasteiger partial charge on any atom is 0.240 e. The standard InChI is InChI=1S/C20H26N2O7S/c1-27-15-6-4-14(5-7-15)17(23)13-21-20(24)10-11-22-30(25,26)16-8-9-18(28-2)19(12-16)29-3/h4-9,12,17,22-23H,10-11,13H2,1-3H3,(H,21,24). The van der Waals surface area contributed by atoms with Crippen LogP contribution in [0.25, 0.3) is 0 Å².